The standard InChI is InChI=1S/C9H16FNO2/c1-7(10)5-3-2-4-6-8(11)9(12)13/h5,8H,2-4,6,11H2,1H3,(H,12,13)/b7-5-. The number of carboxylic acids is 1. The van der Waals surface area contributed by atoms with Crippen molar-refractivity contribution >= 4 is 5.97 Å². The van der Waals surface area contributed by atoms with Crippen LogP contribution in [0.4, 0.5) is 4.39 Å². The molecule has 0 rings (SSSR count). The average molecular weight is 189 g/mol. The Balaban J connectivity index is 3.36. The second-order valence-corrected chi connectivity index (χ2v) is 3.02. The lowest BCUT2D eigenvalue weighted by atomic mass is 10.1. The van der Waals surface area contributed by atoms with Crippen LogP contribution in [0.2, 0.25) is 0 Å². The van der Waals surface area contributed by atoms with Gasteiger partial charge in [0.25, 0.3) is 0 Å². The summed E-state index contributed by atoms with van der Waals surface area (Å²) >= 11 is 0. The second-order valence-electron chi connectivity index (χ2n) is 3.02. The molecule has 4 heteroatoms. The Labute approximate surface area is 77.4 Å². The molecule has 0 amide bonds. The van der Waals surface area contributed by atoms with Crippen molar-refractivity contribution in [3.8, 4) is 0 Å². The number of carboxylic acid groups (broad SMARTS) is 1. The first-order chi connectivity index (χ1) is 6.04. The molecular weight excluding hydrogens is 173 g/mol. The third kappa shape index (κ3) is 7.46. The van der Waals surface area contributed by atoms with Gasteiger partial charge < -0.3 is 10.8 Å². The lowest BCUT2D eigenvalue weighted by molar-refractivity contribution is -0.138. The van der Waals surface area contributed by atoms with Crippen LogP contribution in [0.1, 0.15) is 32.6 Å². The van der Waals surface area contributed by atoms with E-state index in [1.807, 2.05) is 0 Å². The van der Waals surface area contributed by atoms with Crippen LogP contribution in [0.3, 0.4) is 0 Å². The Bertz CT molecular complexity index is 188. The fourth-order valence-corrected chi connectivity index (χ4v) is 0.933. The summed E-state index contributed by atoms with van der Waals surface area (Å²) in [6.07, 6.45) is 4.09. The molecule has 0 spiro atoms. The normalized spacial score (nSPS) is 14.2. The Hall–Kier alpha value is -0.900. The first kappa shape index (κ1) is 12.1. The minimum Gasteiger partial charge on any atom is -0.480 e. The topological polar surface area (TPSA) is 63.3 Å². The van der Waals surface area contributed by atoms with Crippen molar-refractivity contribution < 1.29 is 14.3 Å². The molecule has 76 valence electrons. The first-order valence-electron chi connectivity index (χ1n) is 4.34. The summed E-state index contributed by atoms with van der Waals surface area (Å²) < 4.78 is 12.2. The van der Waals surface area contributed by atoms with Crippen molar-refractivity contribution in [3.05, 3.63) is 11.9 Å². The van der Waals surface area contributed by atoms with E-state index >= 15 is 0 Å². The molecule has 0 aliphatic carbocycles. The van der Waals surface area contributed by atoms with Crippen molar-refractivity contribution in [1.82, 2.24) is 0 Å². The van der Waals surface area contributed by atoms with E-state index in [2.05, 4.69) is 0 Å². The predicted molar refractivity (Wildman–Crippen MR) is 48.9 cm³/mol. The number of nitrogens with two attached hydrogens (primary N) is 1. The number of unbranched alkanes of at least 4 members (excludes halogenated alkanes) is 2. The number of carbonyl (C=O) groups is 1. The van der Waals surface area contributed by atoms with Gasteiger partial charge in [-0.2, -0.15) is 0 Å². The number of allylic oxidation sites excluding steroid dienone is 2. The molecule has 3 N–H and O–H groups in total. The fraction of sp³-hybridized carbons (Fsp3) is 0.667. The zero-order valence-electron chi connectivity index (χ0n) is 7.79. The molecule has 0 aliphatic heterocycles. The average Bonchev–Trinajstić information content (AvgIpc) is 2.02. The summed E-state index contributed by atoms with van der Waals surface area (Å²) in [5, 5.41) is 8.43. The van der Waals surface area contributed by atoms with E-state index in [-0.39, 0.29) is 5.83 Å². The van der Waals surface area contributed by atoms with Gasteiger partial charge in [-0.1, -0.05) is 12.5 Å². The zero-order chi connectivity index (χ0) is 10.3. The summed E-state index contributed by atoms with van der Waals surface area (Å²) in [6, 6.07) is -0.782. The molecular formula is C9H16FNO2. The van der Waals surface area contributed by atoms with Gasteiger partial charge in [-0.05, 0) is 26.2 Å². The third-order valence-electron chi connectivity index (χ3n) is 1.71. The van der Waals surface area contributed by atoms with E-state index in [1.165, 1.54) is 13.0 Å². The monoisotopic (exact) mass is 189 g/mol. The van der Waals surface area contributed by atoms with Gasteiger partial charge in [0.1, 0.15) is 6.04 Å². The molecule has 0 radical (unpaired) electrons. The summed E-state index contributed by atoms with van der Waals surface area (Å²) in [5.74, 6) is -1.17. The van der Waals surface area contributed by atoms with E-state index in [4.69, 9.17) is 10.8 Å². The molecule has 0 fully saturated rings. The lowest BCUT2D eigenvalue weighted by Crippen LogP contribution is -2.29. The highest BCUT2D eigenvalue weighted by Gasteiger charge is 2.09. The van der Waals surface area contributed by atoms with Gasteiger partial charge in [0, 0.05) is 0 Å². The van der Waals surface area contributed by atoms with Gasteiger partial charge in [-0.3, -0.25) is 4.79 Å². The van der Waals surface area contributed by atoms with Crippen molar-refractivity contribution in [3.63, 3.8) is 0 Å². The molecule has 3 nitrogen and oxygen atoms in total. The van der Waals surface area contributed by atoms with Crippen LogP contribution in [0.25, 0.3) is 0 Å². The summed E-state index contributed by atoms with van der Waals surface area (Å²) in [6.45, 7) is 1.39. The van der Waals surface area contributed by atoms with E-state index in [9.17, 15) is 9.18 Å². The molecule has 0 bridgehead atoms. The number of rotatable bonds is 6. The Morgan fingerprint density at radius 1 is 1.62 bits per heavy atom. The highest BCUT2D eigenvalue weighted by atomic mass is 19.1. The van der Waals surface area contributed by atoms with Gasteiger partial charge in [-0.25, -0.2) is 4.39 Å². The van der Waals surface area contributed by atoms with Crippen molar-refractivity contribution in [2.45, 2.75) is 38.6 Å². The first-order valence-corrected chi connectivity index (χ1v) is 4.34. The number of hydrogen-bond acceptors (Lipinski definition) is 2. The van der Waals surface area contributed by atoms with Gasteiger partial charge >= 0.3 is 5.97 Å². The highest BCUT2D eigenvalue weighted by molar-refractivity contribution is 5.72. The summed E-state index contributed by atoms with van der Waals surface area (Å²) in [4.78, 5) is 10.3. The van der Waals surface area contributed by atoms with Crippen molar-refractivity contribution in [2.24, 2.45) is 5.73 Å². The van der Waals surface area contributed by atoms with E-state index in [0.29, 0.717) is 12.8 Å². The third-order valence-corrected chi connectivity index (χ3v) is 1.71. The van der Waals surface area contributed by atoms with Crippen LogP contribution in [0.15, 0.2) is 11.9 Å². The quantitative estimate of drug-likeness (QED) is 0.626. The maximum absolute atomic E-state index is 12.2. The van der Waals surface area contributed by atoms with Gasteiger partial charge in [0.2, 0.25) is 0 Å². The van der Waals surface area contributed by atoms with Gasteiger partial charge in [-0.15, -0.1) is 0 Å². The minimum absolute atomic E-state index is 0.192. The Kier molecular flexibility index (Phi) is 6.14. The molecule has 0 saturated carbocycles. The Morgan fingerprint density at radius 3 is 2.69 bits per heavy atom. The molecule has 0 aromatic rings. The maximum Gasteiger partial charge on any atom is 0.320 e. The number of aliphatic carboxylic acids is 1. The van der Waals surface area contributed by atoms with E-state index < -0.39 is 12.0 Å². The van der Waals surface area contributed by atoms with E-state index in [0.717, 1.165) is 12.8 Å². The number of hydrogen-bond donors (Lipinski definition) is 2. The maximum atomic E-state index is 12.2. The van der Waals surface area contributed by atoms with Crippen molar-refractivity contribution in [1.29, 1.82) is 0 Å². The van der Waals surface area contributed by atoms with Crippen LogP contribution in [0.5, 0.6) is 0 Å². The number of halogens is 1. The smallest absolute Gasteiger partial charge is 0.320 e. The van der Waals surface area contributed by atoms with Crippen LogP contribution in [-0.4, -0.2) is 17.1 Å². The fourth-order valence-electron chi connectivity index (χ4n) is 0.933. The molecule has 0 saturated heterocycles. The molecule has 0 heterocycles. The summed E-state index contributed by atoms with van der Waals surface area (Å²) in [7, 11) is 0. The molecule has 13 heavy (non-hydrogen) atoms. The minimum atomic E-state index is -0.975. The molecule has 0 aromatic carbocycles. The van der Waals surface area contributed by atoms with Crippen LogP contribution >= 0.6 is 0 Å². The molecule has 0 aliphatic rings. The van der Waals surface area contributed by atoms with Crippen LogP contribution in [-0.2, 0) is 4.79 Å². The molecule has 0 aromatic heterocycles. The molecule has 1 atom stereocenters. The van der Waals surface area contributed by atoms with E-state index in [1.54, 1.807) is 0 Å². The predicted octanol–water partition coefficient (Wildman–Crippen LogP) is 1.83. The van der Waals surface area contributed by atoms with Gasteiger partial charge in [0.15, 0.2) is 0 Å². The lowest BCUT2D eigenvalue weighted by Gasteiger charge is -2.04. The highest BCUT2D eigenvalue weighted by Crippen LogP contribution is 2.05. The van der Waals surface area contributed by atoms with Crippen molar-refractivity contribution in [2.75, 3.05) is 0 Å². The largest absolute Gasteiger partial charge is 0.480 e. The second kappa shape index (κ2) is 6.60. The molecule has 1 unspecified atom stereocenters. The zero-order valence-corrected chi connectivity index (χ0v) is 7.79. The SMILES string of the molecule is C/C(F)=C/CCCCC(N)C(=O)O. The Morgan fingerprint density at radius 2 is 2.23 bits per heavy atom. The van der Waals surface area contributed by atoms with Crippen LogP contribution in [0, 0.1) is 0 Å². The van der Waals surface area contributed by atoms with Gasteiger partial charge in [0.05, 0.1) is 5.83 Å². The van der Waals surface area contributed by atoms with Crippen LogP contribution < -0.4 is 5.73 Å². The summed E-state index contributed by atoms with van der Waals surface area (Å²) in [5.41, 5.74) is 5.27.